The summed E-state index contributed by atoms with van der Waals surface area (Å²) >= 11 is 0. The Morgan fingerprint density at radius 3 is 2.39 bits per heavy atom. The molecule has 0 saturated carbocycles. The third-order valence-electron chi connectivity index (χ3n) is 2.85. The van der Waals surface area contributed by atoms with Crippen molar-refractivity contribution in [3.63, 3.8) is 0 Å². The van der Waals surface area contributed by atoms with Crippen molar-refractivity contribution < 1.29 is 13.2 Å². The van der Waals surface area contributed by atoms with Crippen molar-refractivity contribution in [1.82, 2.24) is 0 Å². The quantitative estimate of drug-likeness (QED) is 0.820. The summed E-state index contributed by atoms with van der Waals surface area (Å²) in [6, 6.07) is 6.67. The summed E-state index contributed by atoms with van der Waals surface area (Å²) in [4.78, 5) is 0.326. The molecule has 1 unspecified atom stereocenters. The molecule has 0 fully saturated rings. The Balaban J connectivity index is 2.62. The molecule has 0 aliphatic rings. The lowest BCUT2D eigenvalue weighted by Crippen LogP contribution is -2.16. The van der Waals surface area contributed by atoms with Crippen molar-refractivity contribution in [2.75, 3.05) is 12.4 Å². The van der Waals surface area contributed by atoms with Gasteiger partial charge in [-0.3, -0.25) is 0 Å². The Labute approximate surface area is 109 Å². The first-order chi connectivity index (χ1) is 8.49. The van der Waals surface area contributed by atoms with Crippen LogP contribution in [0.5, 0.6) is 0 Å². The van der Waals surface area contributed by atoms with Crippen LogP contribution < -0.4 is 5.73 Å². The van der Waals surface area contributed by atoms with Gasteiger partial charge in [0.2, 0.25) is 0 Å². The Kier molecular flexibility index (Phi) is 5.78. The Bertz CT molecular complexity index is 454. The second-order valence-corrected chi connectivity index (χ2v) is 6.37. The summed E-state index contributed by atoms with van der Waals surface area (Å²) < 4.78 is 29.4. The monoisotopic (exact) mass is 271 g/mol. The minimum atomic E-state index is -3.25. The largest absolute Gasteiger partial charge is 0.377 e. The highest BCUT2D eigenvalue weighted by Gasteiger charge is 2.14. The van der Waals surface area contributed by atoms with Crippen molar-refractivity contribution in [2.45, 2.75) is 37.8 Å². The van der Waals surface area contributed by atoms with E-state index in [0.717, 1.165) is 12.0 Å². The van der Waals surface area contributed by atoms with Gasteiger partial charge in [-0.25, -0.2) is 8.42 Å². The summed E-state index contributed by atoms with van der Waals surface area (Å²) in [6.07, 6.45) is 0.977. The second kappa shape index (κ2) is 6.87. The van der Waals surface area contributed by atoms with Gasteiger partial charge in [0.15, 0.2) is 9.84 Å². The van der Waals surface area contributed by atoms with Gasteiger partial charge in [0.05, 0.1) is 23.4 Å². The van der Waals surface area contributed by atoms with E-state index in [4.69, 9.17) is 10.5 Å². The molecule has 1 rings (SSSR count). The van der Waals surface area contributed by atoms with Crippen LogP contribution in [0.2, 0.25) is 0 Å². The minimum Gasteiger partial charge on any atom is -0.377 e. The molecule has 0 aliphatic carbocycles. The predicted molar refractivity (Wildman–Crippen MR) is 72.1 cm³/mol. The van der Waals surface area contributed by atoms with Gasteiger partial charge in [0.25, 0.3) is 0 Å². The number of hydrogen-bond donors (Lipinski definition) is 1. The van der Waals surface area contributed by atoms with E-state index < -0.39 is 9.84 Å². The molecular formula is C13H21NO3S. The topological polar surface area (TPSA) is 69.4 Å². The zero-order chi connectivity index (χ0) is 13.6. The summed E-state index contributed by atoms with van der Waals surface area (Å²) in [5.74, 6) is 0.0132. The van der Waals surface area contributed by atoms with Gasteiger partial charge in [-0.1, -0.05) is 19.1 Å². The zero-order valence-electron chi connectivity index (χ0n) is 10.9. The van der Waals surface area contributed by atoms with E-state index >= 15 is 0 Å². The maximum absolute atomic E-state index is 12.0. The number of benzene rings is 1. The van der Waals surface area contributed by atoms with Gasteiger partial charge in [-0.2, -0.15) is 0 Å². The first-order valence-electron chi connectivity index (χ1n) is 6.13. The molecular weight excluding hydrogens is 250 g/mol. The number of sulfone groups is 1. The highest BCUT2D eigenvalue weighted by atomic mass is 32.2. The molecule has 0 saturated heterocycles. The second-order valence-electron chi connectivity index (χ2n) is 4.26. The number of nitrogens with two attached hydrogens (primary N) is 1. The molecule has 0 heterocycles. The lowest BCUT2D eigenvalue weighted by molar-refractivity contribution is 0.0752. The van der Waals surface area contributed by atoms with E-state index in [9.17, 15) is 8.42 Å². The van der Waals surface area contributed by atoms with E-state index in [2.05, 4.69) is 0 Å². The summed E-state index contributed by atoms with van der Waals surface area (Å²) in [7, 11) is -3.25. The van der Waals surface area contributed by atoms with E-state index in [1.54, 1.807) is 24.3 Å². The highest BCUT2D eigenvalue weighted by molar-refractivity contribution is 7.91. The maximum Gasteiger partial charge on any atom is 0.180 e. The van der Waals surface area contributed by atoms with E-state index in [-0.39, 0.29) is 18.5 Å². The van der Waals surface area contributed by atoms with Crippen LogP contribution in [0.1, 0.15) is 25.8 Å². The molecule has 18 heavy (non-hydrogen) atoms. The molecule has 1 aromatic carbocycles. The van der Waals surface area contributed by atoms with E-state index in [1.165, 1.54) is 0 Å². The summed E-state index contributed by atoms with van der Waals surface area (Å²) in [5.41, 5.74) is 6.39. The highest BCUT2D eigenvalue weighted by Crippen LogP contribution is 2.12. The fraction of sp³-hybridized carbons (Fsp3) is 0.538. The van der Waals surface area contributed by atoms with Crippen LogP contribution in [0.15, 0.2) is 29.2 Å². The fourth-order valence-corrected chi connectivity index (χ4v) is 2.53. The average Bonchev–Trinajstić information content (AvgIpc) is 2.38. The molecule has 2 N–H and O–H groups in total. The third-order valence-corrected chi connectivity index (χ3v) is 4.54. The normalized spacial score (nSPS) is 13.5. The van der Waals surface area contributed by atoms with Gasteiger partial charge in [0, 0.05) is 6.54 Å². The molecule has 4 nitrogen and oxygen atoms in total. The Morgan fingerprint density at radius 2 is 1.89 bits per heavy atom. The van der Waals surface area contributed by atoms with Gasteiger partial charge in [-0.05, 0) is 31.0 Å². The van der Waals surface area contributed by atoms with Gasteiger partial charge in [-0.15, -0.1) is 0 Å². The fourth-order valence-electron chi connectivity index (χ4n) is 1.43. The van der Waals surface area contributed by atoms with Crippen LogP contribution in [0, 0.1) is 0 Å². The van der Waals surface area contributed by atoms with Crippen LogP contribution in [-0.4, -0.2) is 26.9 Å². The SMILES string of the molecule is CCC(C)OCCS(=O)(=O)c1ccc(CN)cc1. The molecule has 0 aliphatic heterocycles. The van der Waals surface area contributed by atoms with Crippen molar-refractivity contribution >= 4 is 9.84 Å². The molecule has 1 aromatic rings. The van der Waals surface area contributed by atoms with Crippen LogP contribution in [0.3, 0.4) is 0 Å². The maximum atomic E-state index is 12.0. The Morgan fingerprint density at radius 1 is 1.28 bits per heavy atom. The number of ether oxygens (including phenoxy) is 1. The minimum absolute atomic E-state index is 0.0132. The number of hydrogen-bond acceptors (Lipinski definition) is 4. The molecule has 1 atom stereocenters. The van der Waals surface area contributed by atoms with Crippen molar-refractivity contribution in [2.24, 2.45) is 5.73 Å². The first kappa shape index (κ1) is 15.1. The van der Waals surface area contributed by atoms with E-state index in [0.29, 0.717) is 11.4 Å². The molecule has 0 spiro atoms. The molecule has 0 bridgehead atoms. The standard InChI is InChI=1S/C13H21NO3S/c1-3-11(2)17-8-9-18(15,16)13-6-4-12(10-14)5-7-13/h4-7,11H,3,8-10,14H2,1-2H3. The Hall–Kier alpha value is -0.910. The van der Waals surface area contributed by atoms with Crippen molar-refractivity contribution in [1.29, 1.82) is 0 Å². The van der Waals surface area contributed by atoms with Gasteiger partial charge < -0.3 is 10.5 Å². The molecule has 102 valence electrons. The van der Waals surface area contributed by atoms with Gasteiger partial charge in [0.1, 0.15) is 0 Å². The van der Waals surface area contributed by atoms with Crippen molar-refractivity contribution in [3.8, 4) is 0 Å². The smallest absolute Gasteiger partial charge is 0.180 e. The van der Waals surface area contributed by atoms with Gasteiger partial charge >= 0.3 is 0 Å². The van der Waals surface area contributed by atoms with Crippen LogP contribution in [0.25, 0.3) is 0 Å². The van der Waals surface area contributed by atoms with E-state index in [1.807, 2.05) is 13.8 Å². The zero-order valence-corrected chi connectivity index (χ0v) is 11.7. The average molecular weight is 271 g/mol. The number of rotatable bonds is 7. The molecule has 0 aromatic heterocycles. The first-order valence-corrected chi connectivity index (χ1v) is 7.78. The molecule has 0 amide bonds. The molecule has 5 heteroatoms. The van der Waals surface area contributed by atoms with Crippen LogP contribution in [-0.2, 0) is 21.1 Å². The molecule has 0 radical (unpaired) electrons. The van der Waals surface area contributed by atoms with Crippen LogP contribution in [0.4, 0.5) is 0 Å². The predicted octanol–water partition coefficient (Wildman–Crippen LogP) is 1.73. The van der Waals surface area contributed by atoms with Crippen molar-refractivity contribution in [3.05, 3.63) is 29.8 Å². The summed E-state index contributed by atoms with van der Waals surface area (Å²) in [6.45, 7) is 4.58. The lowest BCUT2D eigenvalue weighted by Gasteiger charge is -2.10. The summed E-state index contributed by atoms with van der Waals surface area (Å²) in [5, 5.41) is 0. The lowest BCUT2D eigenvalue weighted by atomic mass is 10.2. The van der Waals surface area contributed by atoms with Crippen LogP contribution >= 0.6 is 0 Å². The third kappa shape index (κ3) is 4.40.